The van der Waals surface area contributed by atoms with Crippen molar-refractivity contribution in [1.29, 1.82) is 5.26 Å². The first-order chi connectivity index (χ1) is 13.0. The zero-order chi connectivity index (χ0) is 19.0. The van der Waals surface area contributed by atoms with Crippen LogP contribution in [0.25, 0.3) is 10.2 Å². The Kier molecular flexibility index (Phi) is 4.46. The van der Waals surface area contributed by atoms with Gasteiger partial charge in [-0.25, -0.2) is 13.8 Å². The molecule has 1 aliphatic heterocycles. The van der Waals surface area contributed by atoms with Gasteiger partial charge in [0.05, 0.1) is 16.3 Å². The van der Waals surface area contributed by atoms with Crippen molar-refractivity contribution >= 4 is 32.6 Å². The molecule has 1 saturated heterocycles. The lowest BCUT2D eigenvalue weighted by atomic mass is 10.1. The quantitative estimate of drug-likeness (QED) is 0.679. The Morgan fingerprint density at radius 1 is 1.15 bits per heavy atom. The molecule has 0 radical (unpaired) electrons. The first kappa shape index (κ1) is 17.4. The van der Waals surface area contributed by atoms with Gasteiger partial charge in [-0.1, -0.05) is 17.4 Å². The van der Waals surface area contributed by atoms with E-state index >= 15 is 0 Å². The number of carbonyl (C=O) groups excluding carboxylic acids is 1. The molecule has 4 rings (SSSR count). The number of thiazole rings is 1. The molecule has 1 amide bonds. The zero-order valence-corrected chi connectivity index (χ0v) is 15.0. The van der Waals surface area contributed by atoms with Crippen LogP contribution in [0, 0.1) is 23.0 Å². The maximum Gasteiger partial charge on any atom is 0.254 e. The van der Waals surface area contributed by atoms with Crippen LogP contribution in [0.3, 0.4) is 0 Å². The van der Waals surface area contributed by atoms with E-state index in [4.69, 9.17) is 5.26 Å². The van der Waals surface area contributed by atoms with Crippen LogP contribution in [0.4, 0.5) is 13.9 Å². The number of hydrogen-bond acceptors (Lipinski definition) is 5. The van der Waals surface area contributed by atoms with Crippen LogP contribution in [0.1, 0.15) is 15.9 Å². The molecule has 0 aliphatic carbocycles. The number of benzene rings is 2. The highest BCUT2D eigenvalue weighted by Crippen LogP contribution is 2.31. The van der Waals surface area contributed by atoms with E-state index in [9.17, 15) is 13.6 Å². The highest BCUT2D eigenvalue weighted by molar-refractivity contribution is 7.22. The van der Waals surface area contributed by atoms with Crippen LogP contribution in [-0.2, 0) is 0 Å². The summed E-state index contributed by atoms with van der Waals surface area (Å²) in [5.74, 6) is -1.41. The minimum Gasteiger partial charge on any atom is -0.345 e. The lowest BCUT2D eigenvalue weighted by Gasteiger charge is -2.34. The number of rotatable bonds is 2. The average Bonchev–Trinajstić information content (AvgIpc) is 3.12. The molecular formula is C19H14F2N4OS. The van der Waals surface area contributed by atoms with Crippen molar-refractivity contribution in [3.8, 4) is 6.07 Å². The summed E-state index contributed by atoms with van der Waals surface area (Å²) < 4.78 is 27.7. The summed E-state index contributed by atoms with van der Waals surface area (Å²) in [4.78, 5) is 20.6. The smallest absolute Gasteiger partial charge is 0.254 e. The number of piperazine rings is 1. The van der Waals surface area contributed by atoms with E-state index in [0.29, 0.717) is 47.1 Å². The Balaban J connectivity index is 1.48. The van der Waals surface area contributed by atoms with Gasteiger partial charge in [0, 0.05) is 37.8 Å². The molecule has 3 aromatic rings. The molecular weight excluding hydrogens is 370 g/mol. The highest BCUT2D eigenvalue weighted by Gasteiger charge is 2.24. The molecule has 1 fully saturated rings. The number of fused-ring (bicyclic) bond motifs is 1. The van der Waals surface area contributed by atoms with Crippen molar-refractivity contribution < 1.29 is 13.6 Å². The number of halogens is 2. The van der Waals surface area contributed by atoms with Gasteiger partial charge in [-0.15, -0.1) is 0 Å². The molecule has 0 atom stereocenters. The minimum atomic E-state index is -0.668. The maximum absolute atomic E-state index is 13.9. The highest BCUT2D eigenvalue weighted by atomic mass is 32.1. The van der Waals surface area contributed by atoms with Crippen molar-refractivity contribution in [3.05, 3.63) is 59.2 Å². The summed E-state index contributed by atoms with van der Waals surface area (Å²) in [6, 6.07) is 10.8. The van der Waals surface area contributed by atoms with Crippen LogP contribution in [-0.4, -0.2) is 42.0 Å². The normalized spacial score (nSPS) is 14.4. The van der Waals surface area contributed by atoms with Crippen molar-refractivity contribution in [2.24, 2.45) is 0 Å². The first-order valence-corrected chi connectivity index (χ1v) is 9.17. The third kappa shape index (κ3) is 3.34. The van der Waals surface area contributed by atoms with Gasteiger partial charge in [0.15, 0.2) is 10.9 Å². The molecule has 1 aromatic heterocycles. The molecule has 8 heteroatoms. The zero-order valence-electron chi connectivity index (χ0n) is 14.2. The summed E-state index contributed by atoms with van der Waals surface area (Å²) in [5.41, 5.74) is 1.10. The minimum absolute atomic E-state index is 0.121. The fourth-order valence-corrected chi connectivity index (χ4v) is 4.14. The second kappa shape index (κ2) is 6.93. The Hall–Kier alpha value is -3.05. The van der Waals surface area contributed by atoms with E-state index < -0.39 is 11.6 Å². The van der Waals surface area contributed by atoms with Gasteiger partial charge in [-0.2, -0.15) is 5.26 Å². The number of nitriles is 1. The van der Waals surface area contributed by atoms with E-state index in [1.165, 1.54) is 17.4 Å². The lowest BCUT2D eigenvalue weighted by molar-refractivity contribution is 0.0746. The summed E-state index contributed by atoms with van der Waals surface area (Å²) in [7, 11) is 0. The summed E-state index contributed by atoms with van der Waals surface area (Å²) >= 11 is 1.24. The van der Waals surface area contributed by atoms with E-state index in [1.54, 1.807) is 29.2 Å². The number of aromatic nitrogens is 1. The van der Waals surface area contributed by atoms with Crippen LogP contribution >= 0.6 is 11.3 Å². The summed E-state index contributed by atoms with van der Waals surface area (Å²) in [6.07, 6.45) is 0. The maximum atomic E-state index is 13.9. The van der Waals surface area contributed by atoms with Gasteiger partial charge < -0.3 is 9.80 Å². The van der Waals surface area contributed by atoms with Crippen molar-refractivity contribution in [2.75, 3.05) is 31.1 Å². The molecule has 2 aromatic carbocycles. The van der Waals surface area contributed by atoms with E-state index in [-0.39, 0.29) is 11.4 Å². The number of anilines is 1. The number of amides is 1. The van der Waals surface area contributed by atoms with Crippen LogP contribution in [0.15, 0.2) is 36.4 Å². The SMILES string of the molecule is N#Cc1cccc(C(=O)N2CCN(c3nc4c(F)cc(F)cc4s3)CC2)c1. The number of hydrogen-bond donors (Lipinski definition) is 0. The summed E-state index contributed by atoms with van der Waals surface area (Å²) in [5, 5.41) is 9.59. The Morgan fingerprint density at radius 3 is 2.67 bits per heavy atom. The van der Waals surface area contributed by atoms with Crippen molar-refractivity contribution in [1.82, 2.24) is 9.88 Å². The van der Waals surface area contributed by atoms with Gasteiger partial charge in [0.25, 0.3) is 5.91 Å². The Labute approximate surface area is 158 Å². The lowest BCUT2D eigenvalue weighted by Crippen LogP contribution is -2.48. The Morgan fingerprint density at radius 2 is 1.93 bits per heavy atom. The predicted molar refractivity (Wildman–Crippen MR) is 98.8 cm³/mol. The largest absolute Gasteiger partial charge is 0.345 e. The molecule has 27 heavy (non-hydrogen) atoms. The monoisotopic (exact) mass is 384 g/mol. The molecule has 0 spiro atoms. The third-order valence-electron chi connectivity index (χ3n) is 4.48. The molecule has 2 heterocycles. The van der Waals surface area contributed by atoms with E-state index in [1.807, 2.05) is 11.0 Å². The second-order valence-electron chi connectivity index (χ2n) is 6.20. The second-order valence-corrected chi connectivity index (χ2v) is 7.21. The van der Waals surface area contributed by atoms with Crippen molar-refractivity contribution in [2.45, 2.75) is 0 Å². The van der Waals surface area contributed by atoms with E-state index in [2.05, 4.69) is 4.98 Å². The Bertz CT molecular complexity index is 1070. The first-order valence-electron chi connectivity index (χ1n) is 8.35. The molecule has 0 N–H and O–H groups in total. The molecule has 136 valence electrons. The summed E-state index contributed by atoms with van der Waals surface area (Å²) in [6.45, 7) is 2.08. The molecule has 0 bridgehead atoms. The fourth-order valence-electron chi connectivity index (χ4n) is 3.09. The van der Waals surface area contributed by atoms with Crippen molar-refractivity contribution in [3.63, 3.8) is 0 Å². The molecule has 0 saturated carbocycles. The van der Waals surface area contributed by atoms with Gasteiger partial charge >= 0.3 is 0 Å². The van der Waals surface area contributed by atoms with Gasteiger partial charge in [-0.05, 0) is 24.3 Å². The molecule has 0 unspecified atom stereocenters. The molecule has 1 aliphatic rings. The van der Waals surface area contributed by atoms with Crippen LogP contribution in [0.5, 0.6) is 0 Å². The topological polar surface area (TPSA) is 60.2 Å². The third-order valence-corrected chi connectivity index (χ3v) is 5.54. The van der Waals surface area contributed by atoms with Crippen LogP contribution < -0.4 is 4.90 Å². The fraction of sp³-hybridized carbons (Fsp3) is 0.211. The standard InChI is InChI=1S/C19H14F2N4OS/c20-14-9-15(21)17-16(10-14)27-19(23-17)25-6-4-24(5-7-25)18(26)13-3-1-2-12(8-13)11-22/h1-3,8-10H,4-7H2. The molecule has 5 nitrogen and oxygen atoms in total. The average molecular weight is 384 g/mol. The van der Waals surface area contributed by atoms with Crippen LogP contribution in [0.2, 0.25) is 0 Å². The van der Waals surface area contributed by atoms with Gasteiger partial charge in [0.2, 0.25) is 0 Å². The van der Waals surface area contributed by atoms with Gasteiger partial charge in [0.1, 0.15) is 11.3 Å². The number of nitrogens with zero attached hydrogens (tertiary/aromatic N) is 4. The van der Waals surface area contributed by atoms with E-state index in [0.717, 1.165) is 6.07 Å². The number of carbonyl (C=O) groups is 1. The predicted octanol–water partition coefficient (Wildman–Crippen LogP) is 3.41. The van der Waals surface area contributed by atoms with Gasteiger partial charge in [-0.3, -0.25) is 4.79 Å².